The van der Waals surface area contributed by atoms with Crippen LogP contribution in [0.2, 0.25) is 0 Å². The predicted molar refractivity (Wildman–Crippen MR) is 146 cm³/mol. The van der Waals surface area contributed by atoms with E-state index in [1.165, 1.54) is 25.7 Å². The molecule has 4 saturated carbocycles. The van der Waals surface area contributed by atoms with E-state index in [0.717, 1.165) is 43.4 Å². The summed E-state index contributed by atoms with van der Waals surface area (Å²) in [7, 11) is 1.66. The Kier molecular flexibility index (Phi) is 7.68. The van der Waals surface area contributed by atoms with E-state index < -0.39 is 0 Å². The van der Waals surface area contributed by atoms with Crippen LogP contribution in [0.1, 0.15) is 90.5 Å². The van der Waals surface area contributed by atoms with Crippen molar-refractivity contribution in [2.24, 2.45) is 46.3 Å². The van der Waals surface area contributed by atoms with Crippen molar-refractivity contribution in [2.75, 3.05) is 7.11 Å². The van der Waals surface area contributed by atoms with Crippen molar-refractivity contribution < 1.29 is 19.7 Å². The third-order valence-corrected chi connectivity index (χ3v) is 11.9. The van der Waals surface area contributed by atoms with Crippen molar-refractivity contribution >= 4 is 5.91 Å². The van der Waals surface area contributed by atoms with Crippen LogP contribution >= 0.6 is 0 Å². The van der Waals surface area contributed by atoms with Crippen LogP contribution in [0.15, 0.2) is 24.3 Å². The van der Waals surface area contributed by atoms with Gasteiger partial charge in [0, 0.05) is 13.0 Å². The zero-order chi connectivity index (χ0) is 26.4. The van der Waals surface area contributed by atoms with Gasteiger partial charge in [0.15, 0.2) is 0 Å². The summed E-state index contributed by atoms with van der Waals surface area (Å²) < 4.78 is 5.21. The van der Waals surface area contributed by atoms with Crippen LogP contribution in [0.4, 0.5) is 0 Å². The maximum Gasteiger partial charge on any atom is 0.220 e. The highest BCUT2D eigenvalue weighted by Crippen LogP contribution is 2.68. The summed E-state index contributed by atoms with van der Waals surface area (Å²) in [4.78, 5) is 12.7. The summed E-state index contributed by atoms with van der Waals surface area (Å²) in [5.41, 5.74) is 1.62. The Morgan fingerprint density at radius 3 is 2.46 bits per heavy atom. The smallest absolute Gasteiger partial charge is 0.220 e. The summed E-state index contributed by atoms with van der Waals surface area (Å²) >= 11 is 0. The van der Waals surface area contributed by atoms with Crippen LogP contribution in [0, 0.1) is 46.3 Å². The van der Waals surface area contributed by atoms with E-state index in [0.29, 0.717) is 48.5 Å². The number of carbonyl (C=O) groups is 1. The number of nitrogens with one attached hydrogen (secondary N) is 1. The molecule has 4 fully saturated rings. The Morgan fingerprint density at radius 1 is 1.03 bits per heavy atom. The van der Waals surface area contributed by atoms with Gasteiger partial charge >= 0.3 is 0 Å². The highest BCUT2D eigenvalue weighted by atomic mass is 16.5. The fourth-order valence-electron chi connectivity index (χ4n) is 9.77. The Balaban J connectivity index is 1.18. The molecule has 5 heteroatoms. The first kappa shape index (κ1) is 27.0. The molecule has 3 N–H and O–H groups in total. The number of aliphatic hydroxyl groups excluding tert-OH is 2. The SMILES string of the molecule is COc1ccc(CNC(=O)CC[C@H](C)[C@@H]2CC[C@@H]3[C@H]4[C@H](O)C[C@H]5C[C@@H](O)CC[C@@]5(C)[C@@H]4CC[C@]32C)cc1. The molecule has 206 valence electrons. The average Bonchev–Trinajstić information content (AvgIpc) is 3.24. The van der Waals surface area contributed by atoms with Gasteiger partial charge in [0.1, 0.15) is 5.75 Å². The van der Waals surface area contributed by atoms with E-state index in [1.807, 2.05) is 24.3 Å². The molecule has 0 radical (unpaired) electrons. The predicted octanol–water partition coefficient (Wildman–Crippen LogP) is 5.72. The van der Waals surface area contributed by atoms with Gasteiger partial charge < -0.3 is 20.3 Å². The molecule has 0 heterocycles. The minimum absolute atomic E-state index is 0.132. The summed E-state index contributed by atoms with van der Waals surface area (Å²) in [5.74, 6) is 4.13. The first-order valence-electron chi connectivity index (χ1n) is 14.9. The van der Waals surface area contributed by atoms with Crippen molar-refractivity contribution in [3.8, 4) is 5.75 Å². The molecule has 0 spiro atoms. The minimum atomic E-state index is -0.226. The summed E-state index contributed by atoms with van der Waals surface area (Å²) in [6.07, 6.45) is 9.78. The van der Waals surface area contributed by atoms with Crippen LogP contribution in [0.5, 0.6) is 5.75 Å². The van der Waals surface area contributed by atoms with Crippen LogP contribution in [-0.2, 0) is 11.3 Å². The van der Waals surface area contributed by atoms with Gasteiger partial charge in [-0.1, -0.05) is 32.9 Å². The third-order valence-electron chi connectivity index (χ3n) is 11.9. The summed E-state index contributed by atoms with van der Waals surface area (Å²) in [6.45, 7) is 7.91. The molecule has 0 aromatic heterocycles. The molecule has 0 aliphatic heterocycles. The number of rotatable bonds is 7. The number of methoxy groups -OCH3 is 1. The lowest BCUT2D eigenvalue weighted by atomic mass is 9.43. The van der Waals surface area contributed by atoms with Gasteiger partial charge in [-0.15, -0.1) is 0 Å². The third kappa shape index (κ3) is 4.95. The Bertz CT molecular complexity index is 949. The molecule has 5 nitrogen and oxygen atoms in total. The van der Waals surface area contributed by atoms with E-state index >= 15 is 0 Å². The summed E-state index contributed by atoms with van der Waals surface area (Å²) in [6, 6.07) is 7.85. The van der Waals surface area contributed by atoms with Gasteiger partial charge in [-0.25, -0.2) is 0 Å². The van der Waals surface area contributed by atoms with E-state index in [1.54, 1.807) is 7.11 Å². The van der Waals surface area contributed by atoms with Gasteiger partial charge in [0.2, 0.25) is 5.91 Å². The van der Waals surface area contributed by atoms with Crippen molar-refractivity contribution in [3.63, 3.8) is 0 Å². The van der Waals surface area contributed by atoms with E-state index in [-0.39, 0.29) is 28.9 Å². The normalized spacial score (nSPS) is 41.7. The average molecular weight is 512 g/mol. The Morgan fingerprint density at radius 2 is 1.73 bits per heavy atom. The number of benzene rings is 1. The number of hydrogen-bond acceptors (Lipinski definition) is 4. The highest BCUT2D eigenvalue weighted by molar-refractivity contribution is 5.75. The molecule has 0 unspecified atom stereocenters. The zero-order valence-corrected chi connectivity index (χ0v) is 23.4. The van der Waals surface area contributed by atoms with Gasteiger partial charge in [-0.3, -0.25) is 4.79 Å². The lowest BCUT2D eigenvalue weighted by Crippen LogP contribution is -2.58. The minimum Gasteiger partial charge on any atom is -0.497 e. The molecular formula is C32H49NO4. The lowest BCUT2D eigenvalue weighted by Gasteiger charge is -2.62. The second kappa shape index (κ2) is 10.5. The van der Waals surface area contributed by atoms with Crippen molar-refractivity contribution in [1.29, 1.82) is 0 Å². The largest absolute Gasteiger partial charge is 0.497 e. The Hall–Kier alpha value is -1.59. The lowest BCUT2D eigenvalue weighted by molar-refractivity contribution is -0.174. The maximum absolute atomic E-state index is 12.7. The van der Waals surface area contributed by atoms with Crippen molar-refractivity contribution in [2.45, 2.75) is 104 Å². The molecule has 1 amide bonds. The second-order valence-corrected chi connectivity index (χ2v) is 13.6. The number of fused-ring (bicyclic) bond motifs is 5. The summed E-state index contributed by atoms with van der Waals surface area (Å²) in [5, 5.41) is 24.9. The van der Waals surface area contributed by atoms with Crippen LogP contribution in [0.25, 0.3) is 0 Å². The fraction of sp³-hybridized carbons (Fsp3) is 0.781. The topological polar surface area (TPSA) is 78.8 Å². The van der Waals surface area contributed by atoms with Crippen LogP contribution in [0.3, 0.4) is 0 Å². The van der Waals surface area contributed by atoms with Crippen LogP contribution < -0.4 is 10.1 Å². The molecule has 0 saturated heterocycles. The first-order valence-corrected chi connectivity index (χ1v) is 14.9. The number of ether oxygens (including phenoxy) is 1. The number of amides is 1. The molecule has 4 aliphatic rings. The van der Waals surface area contributed by atoms with E-state index in [9.17, 15) is 15.0 Å². The molecule has 10 atom stereocenters. The highest BCUT2D eigenvalue weighted by Gasteiger charge is 2.62. The zero-order valence-electron chi connectivity index (χ0n) is 23.4. The van der Waals surface area contributed by atoms with Crippen molar-refractivity contribution in [3.05, 3.63) is 29.8 Å². The molecule has 0 bridgehead atoms. The number of carbonyl (C=O) groups excluding carboxylic acids is 1. The number of hydrogen-bond donors (Lipinski definition) is 3. The van der Waals surface area contributed by atoms with Gasteiger partial charge in [0.05, 0.1) is 19.3 Å². The standard InChI is InChI=1S/C32H49NO4/c1-20(5-12-29(36)33-19-21-6-8-24(37-4)9-7-21)25-10-11-26-30-27(14-16-32(25,26)3)31(2)15-13-23(34)17-22(31)18-28(30)35/h6-9,20,22-23,25-28,30,34-35H,5,10-19H2,1-4H3,(H,33,36)/t20-,22+,23-,25-,26+,27+,28+,30+,31+,32-/m0/s1. The fourth-order valence-corrected chi connectivity index (χ4v) is 9.77. The second-order valence-electron chi connectivity index (χ2n) is 13.6. The van der Waals surface area contributed by atoms with Gasteiger partial charge in [-0.05, 0) is 122 Å². The molecule has 5 rings (SSSR count). The monoisotopic (exact) mass is 511 g/mol. The number of aliphatic hydroxyl groups is 2. The molecule has 1 aromatic rings. The molecule has 1 aromatic carbocycles. The maximum atomic E-state index is 12.7. The van der Waals surface area contributed by atoms with Crippen LogP contribution in [-0.4, -0.2) is 35.4 Å². The molecular weight excluding hydrogens is 462 g/mol. The van der Waals surface area contributed by atoms with E-state index in [4.69, 9.17) is 4.74 Å². The van der Waals surface area contributed by atoms with Gasteiger partial charge in [-0.2, -0.15) is 0 Å². The van der Waals surface area contributed by atoms with E-state index in [2.05, 4.69) is 26.1 Å². The Labute approximate surface area is 223 Å². The molecule has 37 heavy (non-hydrogen) atoms. The van der Waals surface area contributed by atoms with Gasteiger partial charge in [0.25, 0.3) is 0 Å². The quantitative estimate of drug-likeness (QED) is 0.438. The molecule has 4 aliphatic carbocycles. The van der Waals surface area contributed by atoms with Crippen molar-refractivity contribution in [1.82, 2.24) is 5.32 Å². The first-order chi connectivity index (χ1) is 17.7.